The van der Waals surface area contributed by atoms with Gasteiger partial charge in [0, 0.05) is 16.8 Å². The van der Waals surface area contributed by atoms with E-state index < -0.39 is 9.84 Å². The van der Waals surface area contributed by atoms with Gasteiger partial charge >= 0.3 is 0 Å². The molecule has 0 aliphatic rings. The van der Waals surface area contributed by atoms with E-state index in [1.165, 1.54) is 9.56 Å². The van der Waals surface area contributed by atoms with E-state index in [0.29, 0.717) is 11.3 Å². The lowest BCUT2D eigenvalue weighted by Gasteiger charge is -2.01. The summed E-state index contributed by atoms with van der Waals surface area (Å²) < 4.78 is 24.6. The molecule has 21 heavy (non-hydrogen) atoms. The van der Waals surface area contributed by atoms with Gasteiger partial charge in [0.15, 0.2) is 16.1 Å². The van der Waals surface area contributed by atoms with E-state index in [1.807, 2.05) is 12.1 Å². The molecular formula is C14H18N2O3S2. The molecule has 5 nitrogen and oxygen atoms in total. The number of carbonyl (C=O) groups is 1. The molecule has 0 atom stereocenters. The van der Waals surface area contributed by atoms with Gasteiger partial charge in [-0.25, -0.2) is 8.42 Å². The third-order valence-electron chi connectivity index (χ3n) is 3.23. The SMILES string of the molecule is CCc1ccc(-c2nn(CCS(=O)(=O)CC)cc2C=O)s1. The van der Waals surface area contributed by atoms with Crippen LogP contribution in [0.25, 0.3) is 10.6 Å². The lowest BCUT2D eigenvalue weighted by molar-refractivity contribution is 0.112. The number of aryl methyl sites for hydroxylation is 2. The van der Waals surface area contributed by atoms with Crippen LogP contribution in [0.5, 0.6) is 0 Å². The number of thiophene rings is 1. The molecule has 0 N–H and O–H groups in total. The number of carbonyl (C=O) groups excluding carboxylic acids is 1. The summed E-state index contributed by atoms with van der Waals surface area (Å²) in [7, 11) is -3.04. The molecule has 0 saturated carbocycles. The normalized spacial score (nSPS) is 11.7. The smallest absolute Gasteiger partial charge is 0.153 e. The van der Waals surface area contributed by atoms with Gasteiger partial charge in [0.05, 0.1) is 22.7 Å². The minimum Gasteiger partial charge on any atom is -0.298 e. The van der Waals surface area contributed by atoms with E-state index in [4.69, 9.17) is 0 Å². The van der Waals surface area contributed by atoms with Crippen molar-refractivity contribution < 1.29 is 13.2 Å². The predicted molar refractivity (Wildman–Crippen MR) is 84.6 cm³/mol. The second-order valence-corrected chi connectivity index (χ2v) is 8.31. The van der Waals surface area contributed by atoms with Crippen LogP contribution in [0.4, 0.5) is 0 Å². The first kappa shape index (κ1) is 15.9. The summed E-state index contributed by atoms with van der Waals surface area (Å²) in [5, 5.41) is 4.37. The highest BCUT2D eigenvalue weighted by Gasteiger charge is 2.14. The van der Waals surface area contributed by atoms with E-state index in [2.05, 4.69) is 12.0 Å². The molecule has 0 aromatic carbocycles. The second kappa shape index (κ2) is 6.53. The molecule has 2 aromatic rings. The van der Waals surface area contributed by atoms with Gasteiger partial charge in [0.2, 0.25) is 0 Å². The first-order valence-electron chi connectivity index (χ1n) is 6.81. The fourth-order valence-electron chi connectivity index (χ4n) is 1.90. The summed E-state index contributed by atoms with van der Waals surface area (Å²) in [5.74, 6) is 0.153. The first-order chi connectivity index (χ1) is 9.99. The van der Waals surface area contributed by atoms with Gasteiger partial charge in [-0.05, 0) is 18.6 Å². The highest BCUT2D eigenvalue weighted by atomic mass is 32.2. The van der Waals surface area contributed by atoms with E-state index in [0.717, 1.165) is 17.6 Å². The maximum atomic E-state index is 11.5. The molecule has 0 aliphatic carbocycles. The first-order valence-corrected chi connectivity index (χ1v) is 9.45. The van der Waals surface area contributed by atoms with Gasteiger partial charge in [-0.3, -0.25) is 9.48 Å². The zero-order valence-corrected chi connectivity index (χ0v) is 13.7. The summed E-state index contributed by atoms with van der Waals surface area (Å²) in [5.41, 5.74) is 1.12. The van der Waals surface area contributed by atoms with Crippen LogP contribution in [0.15, 0.2) is 18.3 Å². The Morgan fingerprint density at radius 2 is 2.10 bits per heavy atom. The molecular weight excluding hydrogens is 308 g/mol. The molecule has 0 unspecified atom stereocenters. The highest BCUT2D eigenvalue weighted by molar-refractivity contribution is 7.91. The van der Waals surface area contributed by atoms with Crippen molar-refractivity contribution in [2.45, 2.75) is 26.8 Å². The summed E-state index contributed by atoms with van der Waals surface area (Å²) in [4.78, 5) is 13.3. The van der Waals surface area contributed by atoms with Crippen molar-refractivity contribution >= 4 is 27.5 Å². The van der Waals surface area contributed by atoms with E-state index in [9.17, 15) is 13.2 Å². The van der Waals surface area contributed by atoms with E-state index in [1.54, 1.807) is 24.5 Å². The number of hydrogen-bond donors (Lipinski definition) is 0. The molecule has 114 valence electrons. The molecule has 0 spiro atoms. The van der Waals surface area contributed by atoms with Crippen molar-refractivity contribution in [1.82, 2.24) is 9.78 Å². The van der Waals surface area contributed by atoms with Crippen molar-refractivity contribution in [3.05, 3.63) is 28.8 Å². The zero-order chi connectivity index (χ0) is 15.5. The Morgan fingerprint density at radius 3 is 2.67 bits per heavy atom. The van der Waals surface area contributed by atoms with Gasteiger partial charge < -0.3 is 0 Å². The third kappa shape index (κ3) is 3.79. The Balaban J connectivity index is 2.25. The monoisotopic (exact) mass is 326 g/mol. The number of rotatable bonds is 7. The van der Waals surface area contributed by atoms with E-state index >= 15 is 0 Å². The molecule has 0 saturated heterocycles. The summed E-state index contributed by atoms with van der Waals surface area (Å²) in [6.45, 7) is 3.96. The maximum absolute atomic E-state index is 11.5. The van der Waals surface area contributed by atoms with Crippen molar-refractivity contribution in [2.24, 2.45) is 0 Å². The predicted octanol–water partition coefficient (Wildman–Crippen LogP) is 2.42. The Hall–Kier alpha value is -1.47. The van der Waals surface area contributed by atoms with Crippen molar-refractivity contribution in [1.29, 1.82) is 0 Å². The minimum absolute atomic E-state index is 0.0353. The van der Waals surface area contributed by atoms with Crippen molar-refractivity contribution in [3.63, 3.8) is 0 Å². The van der Waals surface area contributed by atoms with Crippen LogP contribution in [-0.2, 0) is 22.8 Å². The average Bonchev–Trinajstić information content (AvgIpc) is 3.11. The largest absolute Gasteiger partial charge is 0.298 e. The quantitative estimate of drug-likeness (QED) is 0.733. The Kier molecular flexibility index (Phi) is 4.95. The minimum atomic E-state index is -3.04. The summed E-state index contributed by atoms with van der Waals surface area (Å²) in [6.07, 6.45) is 3.31. The number of aldehydes is 1. The number of aromatic nitrogens is 2. The Bertz CT molecular complexity index is 729. The van der Waals surface area contributed by atoms with Crippen LogP contribution in [-0.4, -0.2) is 36.0 Å². The molecule has 0 fully saturated rings. The molecule has 0 aliphatic heterocycles. The van der Waals surface area contributed by atoms with Crippen LogP contribution in [0.1, 0.15) is 29.1 Å². The molecule has 2 aromatic heterocycles. The third-order valence-corrected chi connectivity index (χ3v) is 6.15. The topological polar surface area (TPSA) is 69.0 Å². The van der Waals surface area contributed by atoms with Gasteiger partial charge in [0.1, 0.15) is 5.69 Å². The Morgan fingerprint density at radius 1 is 1.33 bits per heavy atom. The fourth-order valence-corrected chi connectivity index (χ4v) is 3.61. The van der Waals surface area contributed by atoms with Gasteiger partial charge in [-0.1, -0.05) is 13.8 Å². The molecule has 0 radical (unpaired) electrons. The highest BCUT2D eigenvalue weighted by Crippen LogP contribution is 2.29. The van der Waals surface area contributed by atoms with Crippen molar-refractivity contribution in [2.75, 3.05) is 11.5 Å². The zero-order valence-electron chi connectivity index (χ0n) is 12.1. The summed E-state index contributed by atoms with van der Waals surface area (Å²) in [6, 6.07) is 3.97. The van der Waals surface area contributed by atoms with Crippen LogP contribution in [0.3, 0.4) is 0 Å². The number of hydrogen-bond acceptors (Lipinski definition) is 5. The molecule has 0 amide bonds. The van der Waals surface area contributed by atoms with Crippen LogP contribution >= 0.6 is 11.3 Å². The van der Waals surface area contributed by atoms with Gasteiger partial charge in [0.25, 0.3) is 0 Å². The standard InChI is InChI=1S/C14H18N2O3S2/c1-3-12-5-6-13(20-12)14-11(10-17)9-16(15-14)7-8-21(18,19)4-2/h5-6,9-10H,3-4,7-8H2,1-2H3. The fraction of sp³-hybridized carbons (Fsp3) is 0.429. The molecule has 2 heterocycles. The van der Waals surface area contributed by atoms with E-state index in [-0.39, 0.29) is 18.1 Å². The number of nitrogens with zero attached hydrogens (tertiary/aromatic N) is 2. The Labute approximate surface area is 128 Å². The second-order valence-electron chi connectivity index (χ2n) is 4.67. The molecule has 0 bridgehead atoms. The van der Waals surface area contributed by atoms with Gasteiger partial charge in [-0.15, -0.1) is 11.3 Å². The molecule has 7 heteroatoms. The van der Waals surface area contributed by atoms with Crippen LogP contribution < -0.4 is 0 Å². The lowest BCUT2D eigenvalue weighted by Crippen LogP contribution is -2.14. The summed E-state index contributed by atoms with van der Waals surface area (Å²) >= 11 is 1.60. The average molecular weight is 326 g/mol. The van der Waals surface area contributed by atoms with Crippen LogP contribution in [0.2, 0.25) is 0 Å². The van der Waals surface area contributed by atoms with Crippen molar-refractivity contribution in [3.8, 4) is 10.6 Å². The molecule has 2 rings (SSSR count). The maximum Gasteiger partial charge on any atom is 0.153 e. The number of sulfone groups is 1. The lowest BCUT2D eigenvalue weighted by atomic mass is 10.2. The van der Waals surface area contributed by atoms with Crippen LogP contribution in [0, 0.1) is 0 Å². The van der Waals surface area contributed by atoms with Gasteiger partial charge in [-0.2, -0.15) is 5.10 Å².